The summed E-state index contributed by atoms with van der Waals surface area (Å²) < 4.78 is 0. The van der Waals surface area contributed by atoms with Crippen LogP contribution in [-0.4, -0.2) is 30.0 Å². The highest BCUT2D eigenvalue weighted by Crippen LogP contribution is 2.36. The van der Waals surface area contributed by atoms with E-state index in [-0.39, 0.29) is 5.41 Å². The third-order valence-electron chi connectivity index (χ3n) is 3.78. The van der Waals surface area contributed by atoms with Gasteiger partial charge >= 0.3 is 0 Å². The van der Waals surface area contributed by atoms with Crippen molar-refractivity contribution in [1.29, 1.82) is 0 Å². The number of rotatable bonds is 2. The van der Waals surface area contributed by atoms with Crippen LogP contribution < -0.4 is 5.73 Å². The Bertz CT molecular complexity index is 394. The molecule has 2 heterocycles. The number of aromatic nitrogens is 1. The van der Waals surface area contributed by atoms with Crippen molar-refractivity contribution in [1.82, 2.24) is 9.88 Å². The zero-order valence-electron chi connectivity index (χ0n) is 11.9. The summed E-state index contributed by atoms with van der Waals surface area (Å²) in [6, 6.07) is 0.413. The van der Waals surface area contributed by atoms with Gasteiger partial charge in [0.05, 0.1) is 16.7 Å². The van der Waals surface area contributed by atoms with Crippen molar-refractivity contribution in [3.05, 3.63) is 16.1 Å². The first-order valence-electron chi connectivity index (χ1n) is 6.79. The maximum absolute atomic E-state index is 5.93. The lowest BCUT2D eigenvalue weighted by atomic mass is 9.88. The fourth-order valence-electron chi connectivity index (χ4n) is 2.74. The molecule has 0 bridgehead atoms. The molecule has 2 atom stereocenters. The summed E-state index contributed by atoms with van der Waals surface area (Å²) in [5, 5.41) is 3.46. The van der Waals surface area contributed by atoms with Gasteiger partial charge in [0.15, 0.2) is 0 Å². The Morgan fingerprint density at radius 2 is 2.22 bits per heavy atom. The highest BCUT2D eigenvalue weighted by Gasteiger charge is 2.32. The SMILES string of the molecule is CN1CCCC(CN)C1c1csc(C(C)(C)C)n1. The average Bonchev–Trinajstić information content (AvgIpc) is 2.77. The first-order chi connectivity index (χ1) is 8.43. The van der Waals surface area contributed by atoms with Crippen LogP contribution >= 0.6 is 11.3 Å². The Morgan fingerprint density at radius 3 is 2.78 bits per heavy atom. The summed E-state index contributed by atoms with van der Waals surface area (Å²) in [6.07, 6.45) is 2.49. The minimum absolute atomic E-state index is 0.147. The normalized spacial score (nSPS) is 26.5. The molecule has 2 N–H and O–H groups in total. The first kappa shape index (κ1) is 14.0. The number of hydrogen-bond donors (Lipinski definition) is 1. The number of hydrogen-bond acceptors (Lipinski definition) is 4. The molecule has 4 heteroatoms. The largest absolute Gasteiger partial charge is 0.330 e. The van der Waals surface area contributed by atoms with Crippen molar-refractivity contribution in [2.45, 2.75) is 45.1 Å². The molecule has 1 aliphatic heterocycles. The second-order valence-electron chi connectivity index (χ2n) is 6.39. The fraction of sp³-hybridized carbons (Fsp3) is 0.786. The van der Waals surface area contributed by atoms with E-state index in [0.717, 1.165) is 13.1 Å². The average molecular weight is 267 g/mol. The molecule has 0 spiro atoms. The van der Waals surface area contributed by atoms with E-state index in [0.29, 0.717) is 12.0 Å². The lowest BCUT2D eigenvalue weighted by Crippen LogP contribution is -2.39. The third-order valence-corrected chi connectivity index (χ3v) is 5.06. The van der Waals surface area contributed by atoms with Crippen LogP contribution in [0.5, 0.6) is 0 Å². The second kappa shape index (κ2) is 5.27. The molecule has 0 aromatic carbocycles. The van der Waals surface area contributed by atoms with Crippen LogP contribution in [0.25, 0.3) is 0 Å². The van der Waals surface area contributed by atoms with Crippen LogP contribution in [0.15, 0.2) is 5.38 Å². The predicted molar refractivity (Wildman–Crippen MR) is 78.0 cm³/mol. The van der Waals surface area contributed by atoms with Gasteiger partial charge in [0.1, 0.15) is 0 Å². The smallest absolute Gasteiger partial charge is 0.0982 e. The van der Waals surface area contributed by atoms with E-state index in [1.807, 2.05) is 0 Å². The van der Waals surface area contributed by atoms with E-state index < -0.39 is 0 Å². The van der Waals surface area contributed by atoms with Crippen molar-refractivity contribution >= 4 is 11.3 Å². The van der Waals surface area contributed by atoms with Gasteiger partial charge in [-0.15, -0.1) is 11.3 Å². The summed E-state index contributed by atoms with van der Waals surface area (Å²) in [7, 11) is 2.20. The second-order valence-corrected chi connectivity index (χ2v) is 7.25. The van der Waals surface area contributed by atoms with E-state index >= 15 is 0 Å². The highest BCUT2D eigenvalue weighted by atomic mass is 32.1. The number of piperidine rings is 1. The van der Waals surface area contributed by atoms with Gasteiger partial charge in [0, 0.05) is 10.8 Å². The van der Waals surface area contributed by atoms with E-state index in [9.17, 15) is 0 Å². The van der Waals surface area contributed by atoms with Gasteiger partial charge in [-0.25, -0.2) is 4.98 Å². The van der Waals surface area contributed by atoms with E-state index in [4.69, 9.17) is 10.7 Å². The van der Waals surface area contributed by atoms with Crippen molar-refractivity contribution in [2.24, 2.45) is 11.7 Å². The number of nitrogens with two attached hydrogens (primary N) is 1. The van der Waals surface area contributed by atoms with Crippen LogP contribution in [0.1, 0.15) is 50.4 Å². The molecule has 2 rings (SSSR count). The molecular formula is C14H25N3S. The number of likely N-dealkylation sites (tertiary alicyclic amines) is 1. The molecule has 2 unspecified atom stereocenters. The molecule has 1 saturated heterocycles. The first-order valence-corrected chi connectivity index (χ1v) is 7.67. The molecule has 0 aliphatic carbocycles. The minimum atomic E-state index is 0.147. The van der Waals surface area contributed by atoms with Gasteiger partial charge in [-0.1, -0.05) is 20.8 Å². The molecule has 102 valence electrons. The lowest BCUT2D eigenvalue weighted by Gasteiger charge is -2.37. The van der Waals surface area contributed by atoms with Gasteiger partial charge < -0.3 is 5.73 Å². The van der Waals surface area contributed by atoms with Crippen LogP contribution in [0, 0.1) is 5.92 Å². The van der Waals surface area contributed by atoms with Crippen molar-refractivity contribution in [3.63, 3.8) is 0 Å². The van der Waals surface area contributed by atoms with Crippen LogP contribution in [-0.2, 0) is 5.41 Å². The quantitative estimate of drug-likeness (QED) is 0.896. The number of thiazole rings is 1. The molecule has 1 fully saturated rings. The van der Waals surface area contributed by atoms with Gasteiger partial charge in [-0.05, 0) is 38.9 Å². The Kier molecular flexibility index (Phi) is 4.09. The van der Waals surface area contributed by atoms with Crippen LogP contribution in [0.3, 0.4) is 0 Å². The molecule has 1 aromatic heterocycles. The molecule has 3 nitrogen and oxygen atoms in total. The summed E-state index contributed by atoms with van der Waals surface area (Å²) >= 11 is 1.79. The lowest BCUT2D eigenvalue weighted by molar-refractivity contribution is 0.122. The van der Waals surface area contributed by atoms with Crippen molar-refractivity contribution < 1.29 is 0 Å². The van der Waals surface area contributed by atoms with Gasteiger partial charge in [-0.2, -0.15) is 0 Å². The summed E-state index contributed by atoms with van der Waals surface area (Å²) in [5.41, 5.74) is 7.31. The molecule has 0 saturated carbocycles. The maximum atomic E-state index is 5.93. The third kappa shape index (κ3) is 2.76. The molecule has 1 aliphatic rings. The van der Waals surface area contributed by atoms with E-state index in [1.165, 1.54) is 23.5 Å². The van der Waals surface area contributed by atoms with Crippen molar-refractivity contribution in [2.75, 3.05) is 20.1 Å². The van der Waals surface area contributed by atoms with Crippen molar-refractivity contribution in [3.8, 4) is 0 Å². The predicted octanol–water partition coefficient (Wildman–Crippen LogP) is 2.78. The Labute approximate surface area is 114 Å². The minimum Gasteiger partial charge on any atom is -0.330 e. The van der Waals surface area contributed by atoms with E-state index in [2.05, 4.69) is 38.1 Å². The van der Waals surface area contributed by atoms with Crippen LogP contribution in [0.2, 0.25) is 0 Å². The number of nitrogens with zero attached hydrogens (tertiary/aromatic N) is 2. The molecule has 0 radical (unpaired) electrons. The monoisotopic (exact) mass is 267 g/mol. The summed E-state index contributed by atoms with van der Waals surface area (Å²) in [6.45, 7) is 8.59. The van der Waals surface area contributed by atoms with E-state index in [1.54, 1.807) is 11.3 Å². The Hall–Kier alpha value is -0.450. The molecule has 18 heavy (non-hydrogen) atoms. The zero-order valence-corrected chi connectivity index (χ0v) is 12.8. The summed E-state index contributed by atoms with van der Waals surface area (Å²) in [4.78, 5) is 7.29. The Morgan fingerprint density at radius 1 is 1.50 bits per heavy atom. The molecule has 0 amide bonds. The van der Waals surface area contributed by atoms with Gasteiger partial charge in [0.25, 0.3) is 0 Å². The topological polar surface area (TPSA) is 42.1 Å². The molecular weight excluding hydrogens is 242 g/mol. The fourth-order valence-corrected chi connectivity index (χ4v) is 3.68. The Balaban J connectivity index is 2.25. The molecule has 1 aromatic rings. The zero-order chi connectivity index (χ0) is 13.3. The maximum Gasteiger partial charge on any atom is 0.0982 e. The van der Waals surface area contributed by atoms with Gasteiger partial charge in [-0.3, -0.25) is 4.90 Å². The summed E-state index contributed by atoms with van der Waals surface area (Å²) in [5.74, 6) is 0.554. The standard InChI is InChI=1S/C14H25N3S/c1-14(2,3)13-16-11(9-18-13)12-10(8-15)6-5-7-17(12)4/h9-10,12H,5-8,15H2,1-4H3. The highest BCUT2D eigenvalue weighted by molar-refractivity contribution is 7.09. The van der Waals surface area contributed by atoms with Crippen LogP contribution in [0.4, 0.5) is 0 Å². The van der Waals surface area contributed by atoms with Gasteiger partial charge in [0.2, 0.25) is 0 Å².